The van der Waals surface area contributed by atoms with Gasteiger partial charge in [-0.2, -0.15) is 0 Å². The van der Waals surface area contributed by atoms with Gasteiger partial charge in [0.05, 0.1) is 16.0 Å². The maximum atomic E-state index is 10.5. The highest BCUT2D eigenvalue weighted by Gasteiger charge is 2.14. The lowest BCUT2D eigenvalue weighted by Crippen LogP contribution is -2.15. The summed E-state index contributed by atoms with van der Waals surface area (Å²) in [6, 6.07) is 4.40. The van der Waals surface area contributed by atoms with E-state index in [0.29, 0.717) is 11.4 Å². The molecule has 0 spiro atoms. The van der Waals surface area contributed by atoms with Gasteiger partial charge in [0.25, 0.3) is 5.69 Å². The van der Waals surface area contributed by atoms with E-state index in [2.05, 4.69) is 0 Å². The van der Waals surface area contributed by atoms with Gasteiger partial charge in [0, 0.05) is 12.1 Å². The van der Waals surface area contributed by atoms with E-state index in [1.807, 2.05) is 6.92 Å². The van der Waals surface area contributed by atoms with Crippen LogP contribution in [0.25, 0.3) is 0 Å². The molecule has 1 N–H and O–H groups in total. The summed E-state index contributed by atoms with van der Waals surface area (Å²) in [6.07, 6.45) is 0.181. The van der Waals surface area contributed by atoms with Crippen LogP contribution in [0, 0.1) is 16.0 Å². The number of non-ortho nitro benzene ring substituents is 1. The molecule has 4 nitrogen and oxygen atoms in total. The third kappa shape index (κ3) is 3.18. The van der Waals surface area contributed by atoms with Crippen molar-refractivity contribution in [1.82, 2.24) is 0 Å². The molecule has 0 bridgehead atoms. The van der Waals surface area contributed by atoms with E-state index < -0.39 is 11.0 Å². The standard InChI is InChI=1S/C11H14ClNO3/c1-7(8(2)14)5-9-3-4-10(13(15)16)6-11(9)12/h3-4,6-8,14H,5H2,1-2H3. The summed E-state index contributed by atoms with van der Waals surface area (Å²) in [7, 11) is 0. The molecule has 0 aliphatic carbocycles. The van der Waals surface area contributed by atoms with Crippen LogP contribution in [0.2, 0.25) is 5.02 Å². The fraction of sp³-hybridized carbons (Fsp3) is 0.455. The van der Waals surface area contributed by atoms with Crippen LogP contribution in [0.3, 0.4) is 0 Å². The molecular formula is C11H14ClNO3. The number of benzene rings is 1. The molecule has 1 aromatic carbocycles. The van der Waals surface area contributed by atoms with E-state index in [4.69, 9.17) is 11.6 Å². The second-order valence-electron chi connectivity index (χ2n) is 3.95. The smallest absolute Gasteiger partial charge is 0.270 e. The van der Waals surface area contributed by atoms with Crippen LogP contribution >= 0.6 is 11.6 Å². The summed E-state index contributed by atoms with van der Waals surface area (Å²) < 4.78 is 0. The van der Waals surface area contributed by atoms with Crippen LogP contribution in [-0.4, -0.2) is 16.1 Å². The van der Waals surface area contributed by atoms with Crippen molar-refractivity contribution in [1.29, 1.82) is 0 Å². The van der Waals surface area contributed by atoms with E-state index in [-0.39, 0.29) is 11.6 Å². The Labute approximate surface area is 99.0 Å². The van der Waals surface area contributed by atoms with Gasteiger partial charge in [0.1, 0.15) is 0 Å². The van der Waals surface area contributed by atoms with Crippen LogP contribution in [0.15, 0.2) is 18.2 Å². The number of aliphatic hydroxyl groups is 1. The minimum Gasteiger partial charge on any atom is -0.393 e. The molecule has 88 valence electrons. The predicted molar refractivity (Wildman–Crippen MR) is 62.7 cm³/mol. The van der Waals surface area contributed by atoms with Gasteiger partial charge < -0.3 is 5.11 Å². The average molecular weight is 244 g/mol. The number of halogens is 1. The monoisotopic (exact) mass is 243 g/mol. The van der Waals surface area contributed by atoms with E-state index in [1.54, 1.807) is 13.0 Å². The summed E-state index contributed by atoms with van der Waals surface area (Å²) >= 11 is 5.94. The number of nitro groups is 1. The third-order valence-corrected chi connectivity index (χ3v) is 2.96. The molecule has 0 heterocycles. The molecule has 2 atom stereocenters. The van der Waals surface area contributed by atoms with Gasteiger partial charge in [-0.1, -0.05) is 24.6 Å². The highest BCUT2D eigenvalue weighted by Crippen LogP contribution is 2.25. The minimum atomic E-state index is -0.478. The van der Waals surface area contributed by atoms with Gasteiger partial charge >= 0.3 is 0 Å². The first-order valence-electron chi connectivity index (χ1n) is 5.02. The molecule has 0 saturated heterocycles. The van der Waals surface area contributed by atoms with Gasteiger partial charge in [-0.25, -0.2) is 0 Å². The van der Waals surface area contributed by atoms with Crippen molar-refractivity contribution >= 4 is 17.3 Å². The van der Waals surface area contributed by atoms with Gasteiger partial charge in [-0.15, -0.1) is 0 Å². The second kappa shape index (κ2) is 5.27. The van der Waals surface area contributed by atoms with Crippen molar-refractivity contribution in [3.05, 3.63) is 38.9 Å². The molecule has 0 amide bonds. The molecule has 0 aliphatic heterocycles. The Morgan fingerprint density at radius 3 is 2.56 bits per heavy atom. The lowest BCUT2D eigenvalue weighted by molar-refractivity contribution is -0.384. The molecule has 0 aliphatic rings. The van der Waals surface area contributed by atoms with Crippen molar-refractivity contribution in [2.24, 2.45) is 5.92 Å². The Balaban J connectivity index is 2.87. The zero-order valence-corrected chi connectivity index (χ0v) is 9.94. The third-order valence-electron chi connectivity index (χ3n) is 2.61. The average Bonchev–Trinajstić information content (AvgIpc) is 2.20. The zero-order valence-electron chi connectivity index (χ0n) is 9.18. The molecule has 1 rings (SSSR count). The zero-order chi connectivity index (χ0) is 12.3. The summed E-state index contributed by atoms with van der Waals surface area (Å²) in [5.41, 5.74) is 0.805. The molecule has 0 saturated carbocycles. The Kier molecular flexibility index (Phi) is 4.26. The number of nitrogens with zero attached hydrogens (tertiary/aromatic N) is 1. The van der Waals surface area contributed by atoms with Crippen LogP contribution < -0.4 is 0 Å². The fourth-order valence-electron chi connectivity index (χ4n) is 1.33. The number of nitro benzene ring substituents is 1. The Hall–Kier alpha value is -1.13. The summed E-state index contributed by atoms with van der Waals surface area (Å²) in [6.45, 7) is 3.62. The van der Waals surface area contributed by atoms with Crippen LogP contribution in [0.4, 0.5) is 5.69 Å². The molecule has 2 unspecified atom stereocenters. The lowest BCUT2D eigenvalue weighted by atomic mass is 9.97. The Morgan fingerprint density at radius 2 is 2.12 bits per heavy atom. The van der Waals surface area contributed by atoms with Crippen molar-refractivity contribution in [3.63, 3.8) is 0 Å². The van der Waals surface area contributed by atoms with Gasteiger partial charge in [0.15, 0.2) is 0 Å². The summed E-state index contributed by atoms with van der Waals surface area (Å²) in [5.74, 6) is 0.0685. The topological polar surface area (TPSA) is 63.4 Å². The fourth-order valence-corrected chi connectivity index (χ4v) is 1.58. The van der Waals surface area contributed by atoms with E-state index >= 15 is 0 Å². The van der Waals surface area contributed by atoms with Crippen molar-refractivity contribution in [2.45, 2.75) is 26.4 Å². The van der Waals surface area contributed by atoms with E-state index in [9.17, 15) is 15.2 Å². The van der Waals surface area contributed by atoms with Crippen LogP contribution in [-0.2, 0) is 6.42 Å². The van der Waals surface area contributed by atoms with Crippen LogP contribution in [0.5, 0.6) is 0 Å². The second-order valence-corrected chi connectivity index (χ2v) is 4.36. The van der Waals surface area contributed by atoms with Crippen LogP contribution in [0.1, 0.15) is 19.4 Å². The quantitative estimate of drug-likeness (QED) is 0.653. The molecule has 16 heavy (non-hydrogen) atoms. The molecule has 0 fully saturated rings. The number of rotatable bonds is 4. The first-order valence-corrected chi connectivity index (χ1v) is 5.40. The largest absolute Gasteiger partial charge is 0.393 e. The first kappa shape index (κ1) is 12.9. The van der Waals surface area contributed by atoms with E-state index in [0.717, 1.165) is 5.56 Å². The van der Waals surface area contributed by atoms with E-state index in [1.165, 1.54) is 12.1 Å². The normalized spacial score (nSPS) is 14.5. The SMILES string of the molecule is CC(O)C(C)Cc1ccc([N+](=O)[O-])cc1Cl. The van der Waals surface area contributed by atoms with Crippen molar-refractivity contribution in [3.8, 4) is 0 Å². The summed E-state index contributed by atoms with van der Waals surface area (Å²) in [5, 5.41) is 20.2. The van der Waals surface area contributed by atoms with Gasteiger partial charge in [-0.05, 0) is 24.8 Å². The predicted octanol–water partition coefficient (Wildman–Crippen LogP) is 2.81. The molecule has 0 radical (unpaired) electrons. The van der Waals surface area contributed by atoms with Crippen molar-refractivity contribution in [2.75, 3.05) is 0 Å². The Morgan fingerprint density at radius 1 is 1.50 bits per heavy atom. The number of hydrogen-bond donors (Lipinski definition) is 1. The maximum Gasteiger partial charge on any atom is 0.270 e. The number of aliphatic hydroxyl groups excluding tert-OH is 1. The number of hydrogen-bond acceptors (Lipinski definition) is 3. The molecule has 1 aromatic rings. The Bertz CT molecular complexity index is 393. The van der Waals surface area contributed by atoms with Gasteiger partial charge in [0.2, 0.25) is 0 Å². The highest BCUT2D eigenvalue weighted by atomic mass is 35.5. The molecular weight excluding hydrogens is 230 g/mol. The van der Waals surface area contributed by atoms with Crippen molar-refractivity contribution < 1.29 is 10.0 Å². The lowest BCUT2D eigenvalue weighted by Gasteiger charge is -2.15. The van der Waals surface area contributed by atoms with Gasteiger partial charge in [-0.3, -0.25) is 10.1 Å². The molecule has 5 heteroatoms. The molecule has 0 aromatic heterocycles. The first-order chi connectivity index (χ1) is 7.41. The maximum absolute atomic E-state index is 10.5. The highest BCUT2D eigenvalue weighted by molar-refractivity contribution is 6.31. The summed E-state index contributed by atoms with van der Waals surface area (Å²) in [4.78, 5) is 10.0. The minimum absolute atomic E-state index is 0.0153.